The van der Waals surface area contributed by atoms with Gasteiger partial charge in [-0.15, -0.1) is 11.3 Å². The molecule has 1 N–H and O–H groups in total. The summed E-state index contributed by atoms with van der Waals surface area (Å²) >= 11 is 13.0. The molecule has 0 spiro atoms. The fourth-order valence-electron chi connectivity index (χ4n) is 2.52. The van der Waals surface area contributed by atoms with E-state index in [1.807, 2.05) is 6.07 Å². The molecular weight excluding hydrogens is 355 g/mol. The van der Waals surface area contributed by atoms with Crippen LogP contribution in [-0.2, 0) is 6.54 Å². The first kappa shape index (κ1) is 16.5. The summed E-state index contributed by atoms with van der Waals surface area (Å²) in [6, 6.07) is 3.47. The maximum Gasteiger partial charge on any atom is 0.254 e. The van der Waals surface area contributed by atoms with Crippen LogP contribution in [0, 0.1) is 0 Å². The molecule has 1 amide bonds. The van der Waals surface area contributed by atoms with Gasteiger partial charge in [-0.3, -0.25) is 4.79 Å². The average Bonchev–Trinajstić information content (AvgIpc) is 2.92. The van der Waals surface area contributed by atoms with Crippen LogP contribution in [0.15, 0.2) is 18.3 Å². The number of amides is 1. The van der Waals surface area contributed by atoms with E-state index in [1.165, 1.54) is 30.6 Å². The minimum Gasteiger partial charge on any atom is -0.357 e. The van der Waals surface area contributed by atoms with Gasteiger partial charge in [-0.05, 0) is 31.4 Å². The van der Waals surface area contributed by atoms with E-state index >= 15 is 0 Å². The van der Waals surface area contributed by atoms with Crippen molar-refractivity contribution in [3.8, 4) is 0 Å². The summed E-state index contributed by atoms with van der Waals surface area (Å²) in [5.74, 6) is 1.23. The summed E-state index contributed by atoms with van der Waals surface area (Å²) in [4.78, 5) is 23.1. The smallest absolute Gasteiger partial charge is 0.254 e. The zero-order valence-corrected chi connectivity index (χ0v) is 14.7. The van der Waals surface area contributed by atoms with Gasteiger partial charge in [-0.2, -0.15) is 0 Å². The summed E-state index contributed by atoms with van der Waals surface area (Å²) in [6.45, 7) is 2.29. The molecule has 1 saturated heterocycles. The van der Waals surface area contributed by atoms with Crippen molar-refractivity contribution in [3.05, 3.63) is 38.4 Å². The first-order valence-electron chi connectivity index (χ1n) is 7.43. The molecule has 0 atom stereocenters. The zero-order chi connectivity index (χ0) is 16.2. The van der Waals surface area contributed by atoms with Gasteiger partial charge in [0.25, 0.3) is 5.91 Å². The molecule has 0 aliphatic carbocycles. The third kappa shape index (κ3) is 4.13. The number of rotatable bonds is 4. The maximum absolute atomic E-state index is 12.1. The van der Waals surface area contributed by atoms with Gasteiger partial charge in [0.05, 0.1) is 16.4 Å². The molecule has 0 bridgehead atoms. The highest BCUT2D eigenvalue weighted by Gasteiger charge is 2.15. The van der Waals surface area contributed by atoms with Crippen molar-refractivity contribution in [1.29, 1.82) is 0 Å². The summed E-state index contributed by atoms with van der Waals surface area (Å²) in [5, 5.41) is 2.78. The summed E-state index contributed by atoms with van der Waals surface area (Å²) in [6.07, 6.45) is 5.38. The Labute approximate surface area is 148 Å². The highest BCUT2D eigenvalue weighted by atomic mass is 35.5. The van der Waals surface area contributed by atoms with Crippen LogP contribution >= 0.6 is 34.5 Å². The maximum atomic E-state index is 12.1. The van der Waals surface area contributed by atoms with E-state index in [9.17, 15) is 4.79 Å². The Morgan fingerprint density at radius 3 is 2.78 bits per heavy atom. The normalized spacial score (nSPS) is 14.8. The third-order valence-electron chi connectivity index (χ3n) is 3.68. The lowest BCUT2D eigenvalue weighted by molar-refractivity contribution is 0.0950. The van der Waals surface area contributed by atoms with Crippen LogP contribution in [-0.4, -0.2) is 29.0 Å². The third-order valence-corrected chi connectivity index (χ3v) is 5.17. The molecule has 0 unspecified atom stereocenters. The molecular formula is C15H16Cl2N4OS. The number of halogens is 2. The van der Waals surface area contributed by atoms with Crippen molar-refractivity contribution in [2.75, 3.05) is 18.0 Å². The molecule has 1 aliphatic rings. The van der Waals surface area contributed by atoms with Crippen molar-refractivity contribution in [1.82, 2.24) is 15.3 Å². The molecule has 3 heterocycles. The average molecular weight is 371 g/mol. The summed E-state index contributed by atoms with van der Waals surface area (Å²) in [5.41, 5.74) is 0.383. The van der Waals surface area contributed by atoms with Gasteiger partial charge in [-0.1, -0.05) is 23.2 Å². The standard InChI is InChI=1S/C15H16Cl2N4OS/c16-11-8-10(14(17)23-11)15(22)19-9-12-18-5-4-13(20-12)21-6-2-1-3-7-21/h4-5,8H,1-3,6-7,9H2,(H,19,22). The topological polar surface area (TPSA) is 58.1 Å². The fraction of sp³-hybridized carbons (Fsp3) is 0.400. The number of nitrogens with one attached hydrogen (secondary N) is 1. The van der Waals surface area contributed by atoms with Crippen LogP contribution in [0.4, 0.5) is 5.82 Å². The lowest BCUT2D eigenvalue weighted by atomic mass is 10.1. The van der Waals surface area contributed by atoms with Gasteiger partial charge in [0.2, 0.25) is 0 Å². The second-order valence-corrected chi connectivity index (χ2v) is 7.58. The number of nitrogens with zero attached hydrogens (tertiary/aromatic N) is 3. The predicted octanol–water partition coefficient (Wildman–Crippen LogP) is 3.77. The van der Waals surface area contributed by atoms with Crippen molar-refractivity contribution < 1.29 is 4.79 Å². The monoisotopic (exact) mass is 370 g/mol. The van der Waals surface area contributed by atoms with E-state index in [-0.39, 0.29) is 12.5 Å². The van der Waals surface area contributed by atoms with Crippen molar-refractivity contribution >= 4 is 46.3 Å². The van der Waals surface area contributed by atoms with Crippen LogP contribution in [0.5, 0.6) is 0 Å². The number of hydrogen-bond acceptors (Lipinski definition) is 5. The lowest BCUT2D eigenvalue weighted by Gasteiger charge is -2.27. The molecule has 5 nitrogen and oxygen atoms in total. The molecule has 2 aromatic rings. The number of aromatic nitrogens is 2. The van der Waals surface area contributed by atoms with Crippen molar-refractivity contribution in [2.24, 2.45) is 0 Å². The number of piperidine rings is 1. The van der Waals surface area contributed by atoms with Crippen LogP contribution in [0.3, 0.4) is 0 Å². The van der Waals surface area contributed by atoms with Crippen molar-refractivity contribution in [3.63, 3.8) is 0 Å². The molecule has 23 heavy (non-hydrogen) atoms. The highest BCUT2D eigenvalue weighted by Crippen LogP contribution is 2.31. The summed E-state index contributed by atoms with van der Waals surface area (Å²) < 4.78 is 0.874. The molecule has 0 saturated carbocycles. The van der Waals surface area contributed by atoms with E-state index in [4.69, 9.17) is 23.2 Å². The largest absolute Gasteiger partial charge is 0.357 e. The molecule has 2 aromatic heterocycles. The Balaban J connectivity index is 1.64. The quantitative estimate of drug-likeness (QED) is 0.889. The minimum atomic E-state index is -0.273. The van der Waals surface area contributed by atoms with Crippen LogP contribution in [0.1, 0.15) is 35.4 Å². The Bertz CT molecular complexity index is 701. The number of hydrogen-bond donors (Lipinski definition) is 1. The molecule has 8 heteroatoms. The van der Waals surface area contributed by atoms with E-state index in [0.29, 0.717) is 20.1 Å². The van der Waals surface area contributed by atoms with E-state index in [1.54, 1.807) is 12.3 Å². The Morgan fingerprint density at radius 2 is 2.09 bits per heavy atom. The predicted molar refractivity (Wildman–Crippen MR) is 93.6 cm³/mol. The van der Waals surface area contributed by atoms with E-state index in [2.05, 4.69) is 20.2 Å². The second kappa shape index (κ2) is 7.47. The fourth-order valence-corrected chi connectivity index (χ4v) is 3.98. The van der Waals surface area contributed by atoms with Crippen LogP contribution in [0.25, 0.3) is 0 Å². The number of carbonyl (C=O) groups excluding carboxylic acids is 1. The van der Waals surface area contributed by atoms with Gasteiger partial charge in [-0.25, -0.2) is 9.97 Å². The number of thiophene rings is 1. The Kier molecular flexibility index (Phi) is 5.35. The van der Waals surface area contributed by atoms with E-state index in [0.717, 1.165) is 18.9 Å². The summed E-state index contributed by atoms with van der Waals surface area (Å²) in [7, 11) is 0. The van der Waals surface area contributed by atoms with Gasteiger partial charge in [0.1, 0.15) is 16.0 Å². The SMILES string of the molecule is O=C(NCc1nccc(N2CCCCC2)n1)c1cc(Cl)sc1Cl. The molecule has 3 rings (SSSR count). The van der Waals surface area contributed by atoms with Crippen LogP contribution < -0.4 is 10.2 Å². The van der Waals surface area contributed by atoms with E-state index < -0.39 is 0 Å². The highest BCUT2D eigenvalue weighted by molar-refractivity contribution is 7.20. The van der Waals surface area contributed by atoms with Gasteiger partial charge < -0.3 is 10.2 Å². The molecule has 0 aromatic carbocycles. The van der Waals surface area contributed by atoms with Gasteiger partial charge >= 0.3 is 0 Å². The van der Waals surface area contributed by atoms with Gasteiger partial charge in [0, 0.05) is 19.3 Å². The minimum absolute atomic E-state index is 0.254. The zero-order valence-electron chi connectivity index (χ0n) is 12.4. The van der Waals surface area contributed by atoms with Crippen molar-refractivity contribution in [2.45, 2.75) is 25.8 Å². The first-order valence-corrected chi connectivity index (χ1v) is 9.00. The van der Waals surface area contributed by atoms with Gasteiger partial charge in [0.15, 0.2) is 0 Å². The molecule has 1 fully saturated rings. The number of carbonyl (C=O) groups is 1. The Morgan fingerprint density at radius 1 is 1.30 bits per heavy atom. The molecule has 0 radical (unpaired) electrons. The second-order valence-electron chi connectivity index (χ2n) is 5.30. The molecule has 122 valence electrons. The first-order chi connectivity index (χ1) is 11.1. The number of anilines is 1. The lowest BCUT2D eigenvalue weighted by Crippen LogP contribution is -2.31. The Hall–Kier alpha value is -1.37. The molecule has 1 aliphatic heterocycles. The van der Waals surface area contributed by atoms with Crippen LogP contribution in [0.2, 0.25) is 8.67 Å².